The lowest BCUT2D eigenvalue weighted by molar-refractivity contribution is -0.123. The van der Waals surface area contributed by atoms with Crippen molar-refractivity contribution in [1.82, 2.24) is 20.1 Å². The molecule has 2 aliphatic rings. The molecule has 1 aromatic carbocycles. The third-order valence-electron chi connectivity index (χ3n) is 6.05. The Morgan fingerprint density at radius 3 is 2.61 bits per heavy atom. The number of aryl methyl sites for hydroxylation is 1. The van der Waals surface area contributed by atoms with Crippen molar-refractivity contribution in [3.63, 3.8) is 0 Å². The molecule has 0 unspecified atom stereocenters. The van der Waals surface area contributed by atoms with Crippen molar-refractivity contribution in [3.8, 4) is 0 Å². The van der Waals surface area contributed by atoms with Crippen LogP contribution in [0.3, 0.4) is 0 Å². The molecule has 0 bridgehead atoms. The van der Waals surface area contributed by atoms with E-state index < -0.39 is 0 Å². The van der Waals surface area contributed by atoms with Gasteiger partial charge in [0.15, 0.2) is 5.16 Å². The van der Waals surface area contributed by atoms with Crippen LogP contribution in [0.4, 0.5) is 0 Å². The van der Waals surface area contributed by atoms with Crippen molar-refractivity contribution in [2.24, 2.45) is 0 Å². The van der Waals surface area contributed by atoms with Crippen LogP contribution in [0.2, 0.25) is 0 Å². The second-order valence-corrected chi connectivity index (χ2v) is 9.55. The molecule has 2 aliphatic carbocycles. The van der Waals surface area contributed by atoms with E-state index in [9.17, 15) is 4.79 Å². The predicted octanol–water partition coefficient (Wildman–Crippen LogP) is 4.66. The van der Waals surface area contributed by atoms with E-state index in [4.69, 9.17) is 0 Å². The molecule has 7 heteroatoms. The van der Waals surface area contributed by atoms with E-state index in [1.807, 2.05) is 12.1 Å². The summed E-state index contributed by atoms with van der Waals surface area (Å²) in [4.78, 5) is 12.8. The summed E-state index contributed by atoms with van der Waals surface area (Å²) in [6.45, 7) is 0.684. The molecule has 2 saturated carbocycles. The minimum Gasteiger partial charge on any atom is -0.355 e. The molecule has 0 saturated heterocycles. The van der Waals surface area contributed by atoms with Crippen LogP contribution in [0.5, 0.6) is 0 Å². The van der Waals surface area contributed by atoms with E-state index in [0.717, 1.165) is 46.7 Å². The SMILES string of the molecule is CSc1nnc(CCCNC(=O)C2(c3ccc(Br)cc3)CC2)n1C1CCCC1. The molecule has 0 radical (unpaired) electrons. The topological polar surface area (TPSA) is 59.8 Å². The highest BCUT2D eigenvalue weighted by Gasteiger charge is 2.50. The van der Waals surface area contributed by atoms with Gasteiger partial charge in [0.25, 0.3) is 0 Å². The second kappa shape index (κ2) is 8.57. The van der Waals surface area contributed by atoms with Gasteiger partial charge in [-0.2, -0.15) is 0 Å². The van der Waals surface area contributed by atoms with Crippen molar-refractivity contribution in [2.75, 3.05) is 12.8 Å². The summed E-state index contributed by atoms with van der Waals surface area (Å²) < 4.78 is 3.40. The molecule has 0 atom stereocenters. The highest BCUT2D eigenvalue weighted by molar-refractivity contribution is 9.10. The molecule has 1 heterocycles. The first-order chi connectivity index (χ1) is 13.6. The van der Waals surface area contributed by atoms with Crippen molar-refractivity contribution < 1.29 is 4.79 Å². The molecule has 1 N–H and O–H groups in total. The van der Waals surface area contributed by atoms with Crippen LogP contribution >= 0.6 is 27.7 Å². The molecule has 1 amide bonds. The van der Waals surface area contributed by atoms with Crippen LogP contribution in [0.15, 0.2) is 33.9 Å². The maximum absolute atomic E-state index is 12.8. The van der Waals surface area contributed by atoms with Crippen LogP contribution < -0.4 is 5.32 Å². The highest BCUT2D eigenvalue weighted by Crippen LogP contribution is 2.48. The number of hydrogen-bond donors (Lipinski definition) is 1. The number of nitrogens with zero attached hydrogens (tertiary/aromatic N) is 3. The monoisotopic (exact) mass is 462 g/mol. The molecule has 1 aromatic heterocycles. The van der Waals surface area contributed by atoms with Gasteiger partial charge in [-0.05, 0) is 56.1 Å². The van der Waals surface area contributed by atoms with Gasteiger partial charge in [-0.25, -0.2) is 0 Å². The summed E-state index contributed by atoms with van der Waals surface area (Å²) in [7, 11) is 0. The Morgan fingerprint density at radius 1 is 1.25 bits per heavy atom. The summed E-state index contributed by atoms with van der Waals surface area (Å²) in [5, 5.41) is 13.0. The molecular formula is C21H27BrN4OS. The van der Waals surface area contributed by atoms with E-state index in [0.29, 0.717) is 12.6 Å². The van der Waals surface area contributed by atoms with Crippen molar-refractivity contribution >= 4 is 33.6 Å². The predicted molar refractivity (Wildman–Crippen MR) is 116 cm³/mol. The first kappa shape index (κ1) is 20.0. The number of rotatable bonds is 8. The highest BCUT2D eigenvalue weighted by atomic mass is 79.9. The molecule has 4 rings (SSSR count). The van der Waals surface area contributed by atoms with E-state index >= 15 is 0 Å². The molecule has 2 aromatic rings. The van der Waals surface area contributed by atoms with Gasteiger partial charge in [-0.3, -0.25) is 4.79 Å². The first-order valence-electron chi connectivity index (χ1n) is 10.2. The third-order valence-corrected chi connectivity index (χ3v) is 7.22. The quantitative estimate of drug-likeness (QED) is 0.457. The number of benzene rings is 1. The van der Waals surface area contributed by atoms with Crippen molar-refractivity contribution in [2.45, 2.75) is 68.0 Å². The Labute approximate surface area is 179 Å². The molecule has 0 aliphatic heterocycles. The molecule has 28 heavy (non-hydrogen) atoms. The molecule has 5 nitrogen and oxygen atoms in total. The number of carbonyl (C=O) groups excluding carboxylic acids is 1. The zero-order valence-electron chi connectivity index (χ0n) is 16.3. The van der Waals surface area contributed by atoms with Crippen LogP contribution in [0.25, 0.3) is 0 Å². The number of thioether (sulfide) groups is 1. The van der Waals surface area contributed by atoms with Gasteiger partial charge < -0.3 is 9.88 Å². The van der Waals surface area contributed by atoms with E-state index in [1.165, 1.54) is 25.7 Å². The van der Waals surface area contributed by atoms with Crippen LogP contribution in [0.1, 0.15) is 62.4 Å². The summed E-state index contributed by atoms with van der Waals surface area (Å²) in [5.41, 5.74) is 0.815. The third kappa shape index (κ3) is 4.01. The molecule has 2 fully saturated rings. The summed E-state index contributed by atoms with van der Waals surface area (Å²) in [6, 6.07) is 8.70. The second-order valence-electron chi connectivity index (χ2n) is 7.86. The Morgan fingerprint density at radius 2 is 1.96 bits per heavy atom. The fraction of sp³-hybridized carbons (Fsp3) is 0.571. The summed E-state index contributed by atoms with van der Waals surface area (Å²) >= 11 is 5.14. The van der Waals surface area contributed by atoms with Gasteiger partial charge in [-0.1, -0.05) is 52.7 Å². The number of aromatic nitrogens is 3. The maximum Gasteiger partial charge on any atom is 0.230 e. The Kier molecular flexibility index (Phi) is 6.11. The minimum atomic E-state index is -0.309. The Balaban J connectivity index is 1.32. The first-order valence-corrected chi connectivity index (χ1v) is 12.2. The van der Waals surface area contributed by atoms with E-state index in [2.05, 4.69) is 54.4 Å². The minimum absolute atomic E-state index is 0.164. The van der Waals surface area contributed by atoms with Crippen LogP contribution in [-0.2, 0) is 16.6 Å². The fourth-order valence-electron chi connectivity index (χ4n) is 4.30. The van der Waals surface area contributed by atoms with E-state index in [-0.39, 0.29) is 11.3 Å². The zero-order valence-corrected chi connectivity index (χ0v) is 18.7. The smallest absolute Gasteiger partial charge is 0.230 e. The number of halogens is 1. The van der Waals surface area contributed by atoms with Gasteiger partial charge in [0, 0.05) is 23.5 Å². The van der Waals surface area contributed by atoms with Gasteiger partial charge in [-0.15, -0.1) is 10.2 Å². The summed E-state index contributed by atoms with van der Waals surface area (Å²) in [5.74, 6) is 1.23. The molecular weight excluding hydrogens is 436 g/mol. The van der Waals surface area contributed by atoms with Crippen molar-refractivity contribution in [1.29, 1.82) is 0 Å². The van der Waals surface area contributed by atoms with E-state index in [1.54, 1.807) is 11.8 Å². The lowest BCUT2D eigenvalue weighted by atomic mass is 9.95. The average molecular weight is 463 g/mol. The summed E-state index contributed by atoms with van der Waals surface area (Å²) in [6.07, 6.45) is 10.7. The number of nitrogens with one attached hydrogen (secondary N) is 1. The zero-order chi connectivity index (χ0) is 19.6. The molecule has 150 valence electrons. The molecule has 0 spiro atoms. The van der Waals surface area contributed by atoms with Gasteiger partial charge >= 0.3 is 0 Å². The fourth-order valence-corrected chi connectivity index (χ4v) is 5.14. The van der Waals surface area contributed by atoms with Gasteiger partial charge in [0.1, 0.15) is 5.82 Å². The average Bonchev–Trinajstić information content (AvgIpc) is 3.15. The largest absolute Gasteiger partial charge is 0.355 e. The lowest BCUT2D eigenvalue weighted by Gasteiger charge is -2.17. The Hall–Kier alpha value is -1.34. The lowest BCUT2D eigenvalue weighted by Crippen LogP contribution is -2.35. The van der Waals surface area contributed by atoms with Gasteiger partial charge in [0.05, 0.1) is 5.41 Å². The Bertz CT molecular complexity index is 825. The van der Waals surface area contributed by atoms with Crippen LogP contribution in [-0.4, -0.2) is 33.5 Å². The normalized spacial score (nSPS) is 18.4. The van der Waals surface area contributed by atoms with Crippen molar-refractivity contribution in [3.05, 3.63) is 40.1 Å². The van der Waals surface area contributed by atoms with Crippen LogP contribution in [0, 0.1) is 0 Å². The number of hydrogen-bond acceptors (Lipinski definition) is 4. The number of carbonyl (C=O) groups is 1. The maximum atomic E-state index is 12.8. The van der Waals surface area contributed by atoms with Gasteiger partial charge in [0.2, 0.25) is 5.91 Å². The number of amides is 1. The standard InChI is InChI=1S/C21H27BrN4OS/c1-28-20-25-24-18(26(20)17-5-2-3-6-17)7-4-14-23-19(27)21(12-13-21)15-8-10-16(22)11-9-15/h8-11,17H,2-7,12-14H2,1H3,(H,23,27).